The van der Waals surface area contributed by atoms with Crippen LogP contribution in [-0.4, -0.2) is 66.1 Å². The molecule has 1 aliphatic heterocycles. The number of para-hydroxylation sites is 1. The summed E-state index contributed by atoms with van der Waals surface area (Å²) in [7, 11) is 3.31. The zero-order valence-electron chi connectivity index (χ0n) is 23.0. The minimum absolute atomic E-state index is 0.437. The molecular weight excluding hydrogens is 504 g/mol. The normalized spacial score (nSPS) is 21.6. The number of ether oxygens (including phenoxy) is 3. The Morgan fingerprint density at radius 3 is 2.52 bits per heavy atom. The number of morpholine rings is 1. The van der Waals surface area contributed by atoms with Gasteiger partial charge in [-0.15, -0.1) is 5.10 Å². The third-order valence-corrected chi connectivity index (χ3v) is 8.37. The third kappa shape index (κ3) is 4.85. The summed E-state index contributed by atoms with van der Waals surface area (Å²) in [6, 6.07) is 21.1. The van der Waals surface area contributed by atoms with Crippen molar-refractivity contribution in [2.45, 2.75) is 37.1 Å². The Balaban J connectivity index is 1.24. The molecule has 4 aromatic rings. The van der Waals surface area contributed by atoms with E-state index in [9.17, 15) is 5.26 Å². The molecule has 206 valence electrons. The maximum Gasteiger partial charge on any atom is 0.245 e. The van der Waals surface area contributed by atoms with E-state index < -0.39 is 5.41 Å². The Kier molecular flexibility index (Phi) is 7.29. The van der Waals surface area contributed by atoms with Crippen LogP contribution in [0.3, 0.4) is 0 Å². The van der Waals surface area contributed by atoms with Crippen molar-refractivity contribution >= 4 is 17.2 Å². The van der Waals surface area contributed by atoms with Crippen LogP contribution in [0.4, 0.5) is 11.6 Å². The number of nitriles is 1. The molecule has 2 aromatic carbocycles. The van der Waals surface area contributed by atoms with Gasteiger partial charge < -0.3 is 19.5 Å². The van der Waals surface area contributed by atoms with Gasteiger partial charge in [-0.05, 0) is 67.6 Å². The van der Waals surface area contributed by atoms with Crippen molar-refractivity contribution in [3.05, 3.63) is 66.4 Å². The lowest BCUT2D eigenvalue weighted by Gasteiger charge is -2.41. The highest BCUT2D eigenvalue weighted by Crippen LogP contribution is 2.43. The molecule has 0 spiro atoms. The smallest absolute Gasteiger partial charge is 0.245 e. The number of fused-ring (bicyclic) bond motifs is 1. The van der Waals surface area contributed by atoms with Gasteiger partial charge in [-0.3, -0.25) is 4.90 Å². The highest BCUT2D eigenvalue weighted by Gasteiger charge is 2.39. The maximum atomic E-state index is 10.3. The SMILES string of the molecule is COc1cc(C2(C#N)CCC(N3CCOCC3)CC2)ccc1Nc1ncc2ccc(-c3ccccc3OC)n2n1. The summed E-state index contributed by atoms with van der Waals surface area (Å²) in [4.78, 5) is 7.05. The number of rotatable bonds is 7. The molecule has 0 radical (unpaired) electrons. The van der Waals surface area contributed by atoms with Gasteiger partial charge in [-0.2, -0.15) is 5.26 Å². The Labute approximate surface area is 234 Å². The largest absolute Gasteiger partial charge is 0.496 e. The van der Waals surface area contributed by atoms with Crippen LogP contribution in [0, 0.1) is 11.3 Å². The van der Waals surface area contributed by atoms with Gasteiger partial charge in [0.05, 0.1) is 62.0 Å². The number of hydrogen-bond acceptors (Lipinski definition) is 8. The minimum Gasteiger partial charge on any atom is -0.496 e. The molecule has 2 fully saturated rings. The first-order chi connectivity index (χ1) is 19.6. The fourth-order valence-corrected chi connectivity index (χ4v) is 6.10. The van der Waals surface area contributed by atoms with Gasteiger partial charge >= 0.3 is 0 Å². The first-order valence-corrected chi connectivity index (χ1v) is 13.8. The number of hydrogen-bond donors (Lipinski definition) is 1. The van der Waals surface area contributed by atoms with Gasteiger partial charge in [-0.25, -0.2) is 9.50 Å². The van der Waals surface area contributed by atoms with E-state index in [2.05, 4.69) is 21.3 Å². The lowest BCUT2D eigenvalue weighted by atomic mass is 9.69. The van der Waals surface area contributed by atoms with E-state index in [1.807, 2.05) is 59.1 Å². The second-order valence-corrected chi connectivity index (χ2v) is 10.5. The van der Waals surface area contributed by atoms with Crippen molar-refractivity contribution in [3.8, 4) is 28.8 Å². The van der Waals surface area contributed by atoms with Gasteiger partial charge in [0.1, 0.15) is 11.5 Å². The van der Waals surface area contributed by atoms with Crippen molar-refractivity contribution in [1.82, 2.24) is 19.5 Å². The average molecular weight is 539 g/mol. The monoisotopic (exact) mass is 538 g/mol. The van der Waals surface area contributed by atoms with Crippen LogP contribution >= 0.6 is 0 Å². The van der Waals surface area contributed by atoms with Crippen molar-refractivity contribution in [1.29, 1.82) is 5.26 Å². The second-order valence-electron chi connectivity index (χ2n) is 10.5. The lowest BCUT2D eigenvalue weighted by Crippen LogP contribution is -2.47. The first kappa shape index (κ1) is 26.1. The molecule has 9 nitrogen and oxygen atoms in total. The third-order valence-electron chi connectivity index (χ3n) is 8.37. The van der Waals surface area contributed by atoms with Gasteiger partial charge in [-0.1, -0.05) is 18.2 Å². The van der Waals surface area contributed by atoms with E-state index in [0.29, 0.717) is 17.7 Å². The van der Waals surface area contributed by atoms with E-state index in [1.54, 1.807) is 20.4 Å². The molecule has 3 heterocycles. The standard InChI is InChI=1S/C31H34N6O3/c1-38-28-6-4-3-5-25(28)27-10-8-24-20-33-30(35-37(24)27)34-26-9-7-22(19-29(26)39-2)31(21-32)13-11-23(12-14-31)36-15-17-40-18-16-36/h3-10,19-20,23H,11-18H2,1-2H3,(H,34,35). The zero-order valence-corrected chi connectivity index (χ0v) is 23.0. The number of anilines is 2. The predicted molar refractivity (Wildman–Crippen MR) is 153 cm³/mol. The first-order valence-electron chi connectivity index (χ1n) is 13.8. The average Bonchev–Trinajstić information content (AvgIpc) is 3.45. The summed E-state index contributed by atoms with van der Waals surface area (Å²) < 4.78 is 18.7. The quantitative estimate of drug-likeness (QED) is 0.343. The lowest BCUT2D eigenvalue weighted by molar-refractivity contribution is 0.00507. The highest BCUT2D eigenvalue weighted by molar-refractivity contribution is 5.72. The van der Waals surface area contributed by atoms with E-state index in [1.165, 1.54) is 0 Å². The molecule has 2 aliphatic rings. The molecule has 6 rings (SSSR count). The summed E-state index contributed by atoms with van der Waals surface area (Å²) in [5.41, 5.74) is 3.95. The maximum absolute atomic E-state index is 10.3. The topological polar surface area (TPSA) is 96.9 Å². The molecule has 40 heavy (non-hydrogen) atoms. The zero-order chi connectivity index (χ0) is 27.5. The minimum atomic E-state index is -0.515. The van der Waals surface area contributed by atoms with E-state index in [4.69, 9.17) is 19.3 Å². The van der Waals surface area contributed by atoms with Crippen molar-refractivity contribution in [3.63, 3.8) is 0 Å². The van der Waals surface area contributed by atoms with E-state index in [0.717, 1.165) is 85.8 Å². The number of nitrogens with one attached hydrogen (secondary N) is 1. The molecule has 0 atom stereocenters. The predicted octanol–water partition coefficient (Wildman–Crippen LogP) is 5.19. The van der Waals surface area contributed by atoms with Crippen LogP contribution in [0.5, 0.6) is 11.5 Å². The molecule has 1 saturated carbocycles. The molecule has 1 N–H and O–H groups in total. The van der Waals surface area contributed by atoms with Crippen LogP contribution in [0.2, 0.25) is 0 Å². The van der Waals surface area contributed by atoms with Crippen LogP contribution < -0.4 is 14.8 Å². The van der Waals surface area contributed by atoms with Gasteiger partial charge in [0.25, 0.3) is 0 Å². The Bertz CT molecular complexity index is 1530. The van der Waals surface area contributed by atoms with E-state index in [-0.39, 0.29) is 0 Å². The molecular formula is C31H34N6O3. The molecule has 2 aromatic heterocycles. The molecule has 9 heteroatoms. The van der Waals surface area contributed by atoms with Crippen molar-refractivity contribution in [2.75, 3.05) is 45.8 Å². The molecule has 1 aliphatic carbocycles. The second kappa shape index (κ2) is 11.2. The summed E-state index contributed by atoms with van der Waals surface area (Å²) in [6.07, 6.45) is 5.47. The molecule has 0 bridgehead atoms. The molecule has 0 amide bonds. The van der Waals surface area contributed by atoms with Crippen molar-refractivity contribution in [2.24, 2.45) is 0 Å². The number of aromatic nitrogens is 3. The van der Waals surface area contributed by atoms with Gasteiger partial charge in [0.2, 0.25) is 5.95 Å². The Hall–Kier alpha value is -4.13. The van der Waals surface area contributed by atoms with Crippen LogP contribution in [-0.2, 0) is 10.2 Å². The Morgan fingerprint density at radius 2 is 1.77 bits per heavy atom. The fraction of sp³-hybridized carbons (Fsp3) is 0.387. The van der Waals surface area contributed by atoms with Gasteiger partial charge in [0.15, 0.2) is 0 Å². The van der Waals surface area contributed by atoms with Crippen LogP contribution in [0.15, 0.2) is 60.8 Å². The van der Waals surface area contributed by atoms with Crippen LogP contribution in [0.25, 0.3) is 16.8 Å². The highest BCUT2D eigenvalue weighted by atomic mass is 16.5. The summed E-state index contributed by atoms with van der Waals surface area (Å²) in [6.45, 7) is 3.56. The molecule has 0 unspecified atom stereocenters. The summed E-state index contributed by atoms with van der Waals surface area (Å²) >= 11 is 0. The number of benzene rings is 2. The summed E-state index contributed by atoms with van der Waals surface area (Å²) in [5, 5.41) is 18.4. The van der Waals surface area contributed by atoms with Crippen LogP contribution in [0.1, 0.15) is 31.2 Å². The van der Waals surface area contributed by atoms with Gasteiger partial charge in [0, 0.05) is 24.7 Å². The van der Waals surface area contributed by atoms with E-state index >= 15 is 0 Å². The van der Waals surface area contributed by atoms with Crippen molar-refractivity contribution < 1.29 is 14.2 Å². The number of nitrogens with zero attached hydrogens (tertiary/aromatic N) is 5. The Morgan fingerprint density at radius 1 is 1.00 bits per heavy atom. The molecule has 1 saturated heterocycles. The fourth-order valence-electron chi connectivity index (χ4n) is 6.10. The summed E-state index contributed by atoms with van der Waals surface area (Å²) in [5.74, 6) is 1.87. The number of methoxy groups -OCH3 is 2.